The molecule has 3 rings (SSSR count). The van der Waals surface area contributed by atoms with Crippen molar-refractivity contribution in [3.05, 3.63) is 47.9 Å². The molecule has 1 fully saturated rings. The van der Waals surface area contributed by atoms with Crippen LogP contribution in [0.5, 0.6) is 0 Å². The Kier molecular flexibility index (Phi) is 6.76. The van der Waals surface area contributed by atoms with Crippen molar-refractivity contribution in [1.82, 2.24) is 4.31 Å². The summed E-state index contributed by atoms with van der Waals surface area (Å²) in [6.07, 6.45) is 6.31. The van der Waals surface area contributed by atoms with E-state index >= 15 is 0 Å². The highest BCUT2D eigenvalue weighted by Crippen LogP contribution is 2.26. The highest BCUT2D eigenvalue weighted by molar-refractivity contribution is 7.88. The Morgan fingerprint density at radius 2 is 1.90 bits per heavy atom. The van der Waals surface area contributed by atoms with Crippen LogP contribution in [0.2, 0.25) is 0 Å². The summed E-state index contributed by atoms with van der Waals surface area (Å²) in [6.45, 7) is 7.56. The number of piperidine rings is 1. The van der Waals surface area contributed by atoms with E-state index in [1.54, 1.807) is 6.20 Å². The summed E-state index contributed by atoms with van der Waals surface area (Å²) >= 11 is 0. The molecule has 0 bridgehead atoms. The molecule has 0 saturated carbocycles. The van der Waals surface area contributed by atoms with Crippen molar-refractivity contribution in [2.45, 2.75) is 39.3 Å². The lowest BCUT2D eigenvalue weighted by Crippen LogP contribution is -2.57. The molecule has 2 heterocycles. The molecule has 1 unspecified atom stereocenters. The predicted molar refractivity (Wildman–Crippen MR) is 112 cm³/mol. The Hall–Kier alpha value is -1.77. The second-order valence-corrected chi connectivity index (χ2v) is 10.4. The van der Waals surface area contributed by atoms with Gasteiger partial charge in [-0.3, -0.25) is 0 Å². The van der Waals surface area contributed by atoms with Crippen LogP contribution >= 0.6 is 0 Å². The number of rotatable bonds is 6. The maximum Gasteiger partial charge on any atom is 0.399 e. The van der Waals surface area contributed by atoms with Gasteiger partial charge in [-0.05, 0) is 31.1 Å². The molecular weight excluding hydrogens is 393 g/mol. The molecule has 6 nitrogen and oxygen atoms in total. The van der Waals surface area contributed by atoms with Gasteiger partial charge in [0, 0.05) is 30.8 Å². The molecule has 29 heavy (non-hydrogen) atoms. The summed E-state index contributed by atoms with van der Waals surface area (Å²) in [5.74, 6) is 0.174. The number of halogens is 1. The molecule has 2 aliphatic heterocycles. The van der Waals surface area contributed by atoms with Crippen LogP contribution in [0.1, 0.15) is 32.3 Å². The van der Waals surface area contributed by atoms with E-state index in [4.69, 9.17) is 4.74 Å². The van der Waals surface area contributed by atoms with Crippen molar-refractivity contribution >= 4 is 16.0 Å². The Morgan fingerprint density at radius 3 is 2.48 bits per heavy atom. The van der Waals surface area contributed by atoms with Crippen molar-refractivity contribution in [3.63, 3.8) is 0 Å². The summed E-state index contributed by atoms with van der Waals surface area (Å²) in [4.78, 5) is 4.59. The van der Waals surface area contributed by atoms with E-state index in [-0.39, 0.29) is 11.9 Å². The first-order valence-electron chi connectivity index (χ1n) is 10.1. The predicted octanol–water partition coefficient (Wildman–Crippen LogP) is 3.12. The van der Waals surface area contributed by atoms with Crippen LogP contribution in [0.25, 0.3) is 0 Å². The molecule has 1 atom stereocenters. The van der Waals surface area contributed by atoms with Crippen molar-refractivity contribution < 1.29 is 22.0 Å². The van der Waals surface area contributed by atoms with E-state index in [9.17, 15) is 12.8 Å². The van der Waals surface area contributed by atoms with Crippen molar-refractivity contribution in [3.8, 4) is 0 Å². The lowest BCUT2D eigenvalue weighted by atomic mass is 10.1. The van der Waals surface area contributed by atoms with Gasteiger partial charge in [-0.1, -0.05) is 26.0 Å². The molecular formula is C21H31FN3O3S+. The number of nitrogens with zero attached hydrogens (tertiary/aromatic N) is 3. The SMILES string of the molecule is CC(C)C[N+]1(Cc2ccc(F)cc2)CC=CN=C1OC1CCN(S(C)(=O)=O)CC1. The number of hydrogen-bond acceptors (Lipinski definition) is 4. The summed E-state index contributed by atoms with van der Waals surface area (Å²) in [6, 6.07) is 7.27. The van der Waals surface area contributed by atoms with E-state index in [1.807, 2.05) is 18.2 Å². The second kappa shape index (κ2) is 8.93. The summed E-state index contributed by atoms with van der Waals surface area (Å²) in [5.41, 5.74) is 1.03. The molecule has 0 amide bonds. The lowest BCUT2D eigenvalue weighted by molar-refractivity contribution is -0.862. The van der Waals surface area contributed by atoms with Gasteiger partial charge >= 0.3 is 6.02 Å². The second-order valence-electron chi connectivity index (χ2n) is 8.46. The monoisotopic (exact) mass is 424 g/mol. The van der Waals surface area contributed by atoms with E-state index in [1.165, 1.54) is 22.7 Å². The highest BCUT2D eigenvalue weighted by Gasteiger charge is 2.40. The number of quaternary nitrogens is 1. The van der Waals surface area contributed by atoms with Crippen molar-refractivity contribution in [2.24, 2.45) is 10.9 Å². The number of amidine groups is 1. The first-order valence-corrected chi connectivity index (χ1v) is 12.0. The van der Waals surface area contributed by atoms with Gasteiger partial charge in [-0.2, -0.15) is 4.99 Å². The molecule has 1 aromatic carbocycles. The smallest absolute Gasteiger partial charge is 0.399 e. The largest absolute Gasteiger partial charge is 0.433 e. The fourth-order valence-corrected chi connectivity index (χ4v) is 5.00. The fourth-order valence-electron chi connectivity index (χ4n) is 4.13. The summed E-state index contributed by atoms with van der Waals surface area (Å²) in [5, 5.41) is 0. The molecule has 160 valence electrons. The van der Waals surface area contributed by atoms with E-state index in [0.717, 1.165) is 18.7 Å². The average molecular weight is 425 g/mol. The lowest BCUT2D eigenvalue weighted by Gasteiger charge is -2.40. The minimum Gasteiger partial charge on any atom is -0.433 e. The summed E-state index contributed by atoms with van der Waals surface area (Å²) in [7, 11) is -3.16. The Morgan fingerprint density at radius 1 is 1.24 bits per heavy atom. The molecule has 0 radical (unpaired) electrons. The van der Waals surface area contributed by atoms with Crippen LogP contribution in [0.3, 0.4) is 0 Å². The van der Waals surface area contributed by atoms with Crippen LogP contribution < -0.4 is 0 Å². The van der Waals surface area contributed by atoms with Gasteiger partial charge in [0.1, 0.15) is 25.0 Å². The van der Waals surface area contributed by atoms with Gasteiger partial charge in [-0.25, -0.2) is 21.6 Å². The Bertz CT molecular complexity index is 860. The number of hydrogen-bond donors (Lipinski definition) is 0. The van der Waals surface area contributed by atoms with Gasteiger partial charge in [0.05, 0.1) is 12.8 Å². The number of ether oxygens (including phenoxy) is 1. The molecule has 8 heteroatoms. The molecule has 0 aliphatic carbocycles. The number of aliphatic imine (C=N–C) groups is 1. The maximum atomic E-state index is 13.4. The quantitative estimate of drug-likeness (QED) is 0.660. The molecule has 2 aliphatic rings. The first-order chi connectivity index (χ1) is 13.7. The number of benzene rings is 1. The van der Waals surface area contributed by atoms with Crippen LogP contribution in [0.15, 0.2) is 41.5 Å². The van der Waals surface area contributed by atoms with Crippen molar-refractivity contribution in [2.75, 3.05) is 32.4 Å². The zero-order chi connectivity index (χ0) is 21.1. The van der Waals surface area contributed by atoms with Crippen LogP contribution in [-0.2, 0) is 21.3 Å². The van der Waals surface area contributed by atoms with E-state index in [0.29, 0.717) is 48.9 Å². The zero-order valence-corrected chi connectivity index (χ0v) is 18.2. The molecule has 1 saturated heterocycles. The van der Waals surface area contributed by atoms with Gasteiger partial charge in [0.15, 0.2) is 0 Å². The topological polar surface area (TPSA) is 59.0 Å². The van der Waals surface area contributed by atoms with E-state index < -0.39 is 10.0 Å². The minimum atomic E-state index is -3.16. The van der Waals surface area contributed by atoms with Gasteiger partial charge in [0.25, 0.3) is 0 Å². The van der Waals surface area contributed by atoms with Crippen molar-refractivity contribution in [1.29, 1.82) is 0 Å². The van der Waals surface area contributed by atoms with Crippen LogP contribution in [0, 0.1) is 11.7 Å². The van der Waals surface area contributed by atoms with Gasteiger partial charge in [0.2, 0.25) is 10.0 Å². The van der Waals surface area contributed by atoms with Crippen LogP contribution in [-0.4, -0.2) is 61.8 Å². The first kappa shape index (κ1) is 21.9. The molecule has 1 aromatic rings. The van der Waals surface area contributed by atoms with E-state index in [2.05, 4.69) is 18.8 Å². The van der Waals surface area contributed by atoms with Gasteiger partial charge in [-0.15, -0.1) is 0 Å². The van der Waals surface area contributed by atoms with Gasteiger partial charge < -0.3 is 4.74 Å². The Balaban J connectivity index is 1.77. The average Bonchev–Trinajstić information content (AvgIpc) is 2.65. The summed E-state index contributed by atoms with van der Waals surface area (Å²) < 4.78 is 45.3. The number of sulfonamides is 1. The fraction of sp³-hybridized carbons (Fsp3) is 0.571. The van der Waals surface area contributed by atoms with Crippen LogP contribution in [0.4, 0.5) is 4.39 Å². The molecule has 0 spiro atoms. The molecule has 0 aromatic heterocycles. The maximum absolute atomic E-state index is 13.4. The third-order valence-electron chi connectivity index (χ3n) is 5.41. The third-order valence-corrected chi connectivity index (χ3v) is 6.71. The zero-order valence-electron chi connectivity index (χ0n) is 17.4. The normalized spacial score (nSPS) is 24.0. The highest BCUT2D eigenvalue weighted by atomic mass is 32.2. The Labute approximate surface area is 173 Å². The third kappa shape index (κ3) is 5.65. The minimum absolute atomic E-state index is 0.0591. The molecule has 0 N–H and O–H groups in total. The standard InChI is InChI=1S/C21H31FN3O3S/c1-17(2)15-25(16-18-5-7-19(22)8-6-18)14-4-11-23-21(25)28-20-9-12-24(13-10-20)29(3,26)27/h4-8,11,17,20H,9-10,12-16H2,1-3H3/q+1.